The van der Waals surface area contributed by atoms with E-state index in [0.29, 0.717) is 26.2 Å². The molecule has 4 rings (SSSR count). The number of hydrogen-bond acceptors (Lipinski definition) is 8. The molecule has 3 aromatic rings. The van der Waals surface area contributed by atoms with Gasteiger partial charge in [-0.1, -0.05) is 24.2 Å². The van der Waals surface area contributed by atoms with Crippen molar-refractivity contribution >= 4 is 46.1 Å². The summed E-state index contributed by atoms with van der Waals surface area (Å²) in [6.07, 6.45) is 1.23. The van der Waals surface area contributed by atoms with E-state index >= 15 is 8.78 Å². The summed E-state index contributed by atoms with van der Waals surface area (Å²) in [5.41, 5.74) is -0.979. The number of piperazine rings is 1. The number of anilines is 1. The van der Waals surface area contributed by atoms with Crippen molar-refractivity contribution in [3.8, 4) is 22.9 Å². The van der Waals surface area contributed by atoms with E-state index in [2.05, 4.69) is 16.5 Å². The predicted octanol–water partition coefficient (Wildman–Crippen LogP) is 3.46. The highest BCUT2D eigenvalue weighted by atomic mass is 35.5. The van der Waals surface area contributed by atoms with E-state index in [-0.39, 0.29) is 56.4 Å². The van der Waals surface area contributed by atoms with E-state index in [1.165, 1.54) is 29.2 Å². The minimum Gasteiger partial charge on any atom is -0.453 e. The first-order valence-electron chi connectivity index (χ1n) is 12.2. The van der Waals surface area contributed by atoms with Gasteiger partial charge in [0.05, 0.1) is 10.6 Å². The zero-order valence-electron chi connectivity index (χ0n) is 22.0. The van der Waals surface area contributed by atoms with Gasteiger partial charge in [0.2, 0.25) is 5.91 Å². The van der Waals surface area contributed by atoms with Gasteiger partial charge in [0.1, 0.15) is 22.9 Å². The van der Waals surface area contributed by atoms with Crippen molar-refractivity contribution in [2.45, 2.75) is 6.92 Å². The predicted molar refractivity (Wildman–Crippen MR) is 144 cm³/mol. The number of carbonyl (C=O) groups excluding carboxylic acids is 3. The lowest BCUT2D eigenvalue weighted by Gasteiger charge is -2.35. The number of halogens is 3. The lowest BCUT2D eigenvalue weighted by atomic mass is 10.0. The highest BCUT2D eigenvalue weighted by Crippen LogP contribution is 2.43. The van der Waals surface area contributed by atoms with Gasteiger partial charge in [-0.2, -0.15) is 9.97 Å². The van der Waals surface area contributed by atoms with Crippen LogP contribution in [0.15, 0.2) is 36.9 Å². The van der Waals surface area contributed by atoms with Crippen molar-refractivity contribution in [3.63, 3.8) is 0 Å². The van der Waals surface area contributed by atoms with E-state index in [1.807, 2.05) is 0 Å². The molecule has 1 aliphatic rings. The maximum atomic E-state index is 16.3. The lowest BCUT2D eigenvalue weighted by Crippen LogP contribution is -2.48. The molecule has 2 aromatic carbocycles. The van der Waals surface area contributed by atoms with Crippen LogP contribution >= 0.6 is 11.6 Å². The molecular weight excluding hydrogens is 548 g/mol. The van der Waals surface area contributed by atoms with E-state index < -0.39 is 24.2 Å². The lowest BCUT2D eigenvalue weighted by molar-refractivity contribution is -0.132. The Balaban J connectivity index is 1.88. The van der Waals surface area contributed by atoms with E-state index in [9.17, 15) is 14.4 Å². The first-order chi connectivity index (χ1) is 19.0. The fraction of sp³-hybridized carbons (Fsp3) is 0.296. The third-order valence-electron chi connectivity index (χ3n) is 6.21. The number of aromatic nitrogens is 2. The first kappa shape index (κ1) is 28.7. The maximum Gasteiger partial charge on any atom is 0.319 e. The normalized spacial score (nSPS) is 13.2. The Bertz CT molecular complexity index is 1510. The summed E-state index contributed by atoms with van der Waals surface area (Å²) < 4.78 is 42.0. The number of amides is 2. The third kappa shape index (κ3) is 5.81. The molecule has 1 aromatic heterocycles. The van der Waals surface area contributed by atoms with E-state index in [1.54, 1.807) is 23.9 Å². The quantitative estimate of drug-likeness (QED) is 0.240. The van der Waals surface area contributed by atoms with Gasteiger partial charge in [-0.05, 0) is 24.3 Å². The maximum absolute atomic E-state index is 16.3. The average Bonchev–Trinajstić information content (AvgIpc) is 2.92. The fourth-order valence-electron chi connectivity index (χ4n) is 4.20. The summed E-state index contributed by atoms with van der Waals surface area (Å²) >= 11 is 6.53. The molecule has 0 N–H and O–H groups in total. The smallest absolute Gasteiger partial charge is 0.319 e. The molecule has 210 valence electrons. The summed E-state index contributed by atoms with van der Waals surface area (Å²) in [4.78, 5) is 49.2. The van der Waals surface area contributed by atoms with Gasteiger partial charge in [0.25, 0.3) is 5.91 Å². The van der Waals surface area contributed by atoms with Crippen molar-refractivity contribution in [1.82, 2.24) is 19.8 Å². The molecule has 13 heteroatoms. The van der Waals surface area contributed by atoms with Crippen LogP contribution < -0.4 is 14.4 Å². The van der Waals surface area contributed by atoms with Crippen molar-refractivity contribution in [2.24, 2.45) is 0 Å². The van der Waals surface area contributed by atoms with Crippen LogP contribution in [-0.4, -0.2) is 84.4 Å². The number of likely N-dealkylation sites (N-methyl/N-ethyl adjacent to an activating group) is 1. The molecule has 1 fully saturated rings. The molecule has 0 atom stereocenters. The molecule has 0 spiro atoms. The number of esters is 1. The van der Waals surface area contributed by atoms with Crippen LogP contribution in [0.2, 0.25) is 5.02 Å². The number of carbonyl (C=O) groups is 3. The molecule has 40 heavy (non-hydrogen) atoms. The van der Waals surface area contributed by atoms with Crippen LogP contribution in [0.1, 0.15) is 6.92 Å². The van der Waals surface area contributed by atoms with Crippen molar-refractivity contribution in [2.75, 3.05) is 51.8 Å². The zero-order valence-corrected chi connectivity index (χ0v) is 22.8. The zero-order chi connectivity index (χ0) is 29.1. The molecule has 0 bridgehead atoms. The standard InChI is InChI=1S/C27H26ClF2N5O5/c1-5-20(37)34-9-11-35(12-10-34)26-16-13-17(28)22(23-18(29)7-6-8-19(23)40-15(2)36)24(30)25(16)31-27(32-26)39-14-21(38)33(3)4/h5-8,13H,1,9-12,14H2,2-4H3. The van der Waals surface area contributed by atoms with Crippen LogP contribution in [0.4, 0.5) is 14.6 Å². The Labute approximate surface area is 233 Å². The van der Waals surface area contributed by atoms with Gasteiger partial charge in [0, 0.05) is 58.1 Å². The van der Waals surface area contributed by atoms with Gasteiger partial charge >= 0.3 is 12.0 Å². The summed E-state index contributed by atoms with van der Waals surface area (Å²) in [5.74, 6) is -3.17. The number of fused-ring (bicyclic) bond motifs is 1. The largest absolute Gasteiger partial charge is 0.453 e. The minimum atomic E-state index is -1.01. The van der Waals surface area contributed by atoms with E-state index in [4.69, 9.17) is 21.1 Å². The second kappa shape index (κ2) is 11.8. The van der Waals surface area contributed by atoms with Crippen LogP contribution in [0, 0.1) is 11.6 Å². The summed E-state index contributed by atoms with van der Waals surface area (Å²) in [6, 6.07) is 4.82. The van der Waals surface area contributed by atoms with Gasteiger partial charge < -0.3 is 24.2 Å². The highest BCUT2D eigenvalue weighted by Gasteiger charge is 2.28. The molecule has 0 saturated carbocycles. The van der Waals surface area contributed by atoms with Crippen molar-refractivity contribution < 1.29 is 32.6 Å². The third-order valence-corrected chi connectivity index (χ3v) is 6.51. The molecule has 0 radical (unpaired) electrons. The Morgan fingerprint density at radius 3 is 2.45 bits per heavy atom. The minimum absolute atomic E-state index is 0.176. The van der Waals surface area contributed by atoms with Crippen molar-refractivity contribution in [1.29, 1.82) is 0 Å². The molecule has 1 saturated heterocycles. The molecule has 10 nitrogen and oxygen atoms in total. The highest BCUT2D eigenvalue weighted by molar-refractivity contribution is 6.34. The summed E-state index contributed by atoms with van der Waals surface area (Å²) in [5, 5.41) is 0.0247. The van der Waals surface area contributed by atoms with Gasteiger partial charge in [-0.15, -0.1) is 0 Å². The van der Waals surface area contributed by atoms with Gasteiger partial charge in [-0.25, -0.2) is 8.78 Å². The monoisotopic (exact) mass is 573 g/mol. The SMILES string of the molecule is C=CC(=O)N1CCN(c2nc(OCC(=O)N(C)C)nc3c(F)c(-c4c(F)cccc4OC(C)=O)c(Cl)cc23)CC1. The number of benzene rings is 2. The Hall–Kier alpha value is -4.32. The summed E-state index contributed by atoms with van der Waals surface area (Å²) in [7, 11) is 3.09. The number of hydrogen-bond donors (Lipinski definition) is 0. The first-order valence-corrected chi connectivity index (χ1v) is 12.6. The van der Waals surface area contributed by atoms with Gasteiger partial charge in [0.15, 0.2) is 12.4 Å². The molecular formula is C27H26ClF2N5O5. The summed E-state index contributed by atoms with van der Waals surface area (Å²) in [6.45, 7) is 5.61. The average molecular weight is 574 g/mol. The second-order valence-electron chi connectivity index (χ2n) is 9.07. The van der Waals surface area contributed by atoms with E-state index in [0.717, 1.165) is 13.0 Å². The van der Waals surface area contributed by atoms with Crippen molar-refractivity contribution in [3.05, 3.63) is 53.6 Å². The topological polar surface area (TPSA) is 105 Å². The number of rotatable bonds is 7. The molecule has 0 aliphatic carbocycles. The Kier molecular flexibility index (Phi) is 8.48. The molecule has 2 amide bonds. The molecule has 2 heterocycles. The molecule has 1 aliphatic heterocycles. The second-order valence-corrected chi connectivity index (χ2v) is 9.48. The van der Waals surface area contributed by atoms with Crippen LogP contribution in [0.5, 0.6) is 11.8 Å². The Morgan fingerprint density at radius 2 is 1.82 bits per heavy atom. The van der Waals surface area contributed by atoms with Crippen LogP contribution in [-0.2, 0) is 14.4 Å². The number of ether oxygens (including phenoxy) is 2. The Morgan fingerprint density at radius 1 is 1.12 bits per heavy atom. The molecule has 0 unspecified atom stereocenters. The van der Waals surface area contributed by atoms with Crippen LogP contribution in [0.3, 0.4) is 0 Å². The fourth-order valence-corrected chi connectivity index (χ4v) is 4.49. The number of nitrogens with zero attached hydrogens (tertiary/aromatic N) is 5. The van der Waals surface area contributed by atoms with Gasteiger partial charge in [-0.3, -0.25) is 14.4 Å². The van der Waals surface area contributed by atoms with Crippen LogP contribution in [0.25, 0.3) is 22.0 Å².